The first-order valence-corrected chi connectivity index (χ1v) is 8.46. The lowest BCUT2D eigenvalue weighted by molar-refractivity contribution is 0.0971. The summed E-state index contributed by atoms with van der Waals surface area (Å²) in [5.74, 6) is -0.0110. The molecular formula is C21H24O3. The van der Waals surface area contributed by atoms with Gasteiger partial charge >= 0.3 is 0 Å². The Morgan fingerprint density at radius 3 is 2.29 bits per heavy atom. The number of carbonyl (C=O) groups is 2. The smallest absolute Gasteiger partial charge is 0.190 e. The molecule has 0 amide bonds. The standard InChI is InChI=1S/C21H24O3/c1-16-17(12-8-6-4-2-3-5-7-11-15-22)21(24)19-14-10-9-13-18(19)20(16)23/h2-3,7,9-11,13-14,22H,4-6,8,12,15H2,1H3. The van der Waals surface area contributed by atoms with Gasteiger partial charge in [0.2, 0.25) is 0 Å². The van der Waals surface area contributed by atoms with Crippen molar-refractivity contribution in [1.82, 2.24) is 0 Å². The average Bonchev–Trinajstić information content (AvgIpc) is 2.61. The largest absolute Gasteiger partial charge is 0.392 e. The summed E-state index contributed by atoms with van der Waals surface area (Å²) in [5, 5.41) is 8.62. The van der Waals surface area contributed by atoms with E-state index < -0.39 is 0 Å². The Labute approximate surface area is 143 Å². The van der Waals surface area contributed by atoms with Gasteiger partial charge in [-0.1, -0.05) is 48.6 Å². The van der Waals surface area contributed by atoms with Gasteiger partial charge in [0.1, 0.15) is 0 Å². The van der Waals surface area contributed by atoms with Crippen molar-refractivity contribution in [2.45, 2.75) is 39.0 Å². The number of Topliss-reactive ketones (excluding diaryl/α,β-unsaturated/α-hetero) is 2. The van der Waals surface area contributed by atoms with Crippen LogP contribution in [0.3, 0.4) is 0 Å². The number of hydrogen-bond donors (Lipinski definition) is 1. The molecule has 1 aromatic rings. The molecule has 0 unspecified atom stereocenters. The highest BCUT2D eigenvalue weighted by Crippen LogP contribution is 2.28. The summed E-state index contributed by atoms with van der Waals surface area (Å²) < 4.78 is 0. The maximum Gasteiger partial charge on any atom is 0.190 e. The first-order chi connectivity index (χ1) is 11.7. The molecule has 0 saturated heterocycles. The maximum atomic E-state index is 12.6. The van der Waals surface area contributed by atoms with Crippen molar-refractivity contribution in [1.29, 1.82) is 0 Å². The van der Waals surface area contributed by atoms with Gasteiger partial charge < -0.3 is 5.11 Å². The highest BCUT2D eigenvalue weighted by Gasteiger charge is 2.28. The minimum absolute atomic E-state index is 0.00684. The summed E-state index contributed by atoms with van der Waals surface area (Å²) in [5.41, 5.74) is 2.35. The van der Waals surface area contributed by atoms with E-state index in [0.717, 1.165) is 25.7 Å². The molecule has 0 fully saturated rings. The van der Waals surface area contributed by atoms with Crippen molar-refractivity contribution < 1.29 is 14.7 Å². The molecule has 0 heterocycles. The van der Waals surface area contributed by atoms with Crippen LogP contribution in [-0.4, -0.2) is 23.3 Å². The summed E-state index contributed by atoms with van der Waals surface area (Å²) in [6.45, 7) is 1.84. The fourth-order valence-electron chi connectivity index (χ4n) is 2.88. The first-order valence-electron chi connectivity index (χ1n) is 8.46. The normalized spacial score (nSPS) is 14.9. The van der Waals surface area contributed by atoms with Gasteiger partial charge in [0.15, 0.2) is 11.6 Å². The van der Waals surface area contributed by atoms with Crippen LogP contribution in [-0.2, 0) is 0 Å². The number of benzene rings is 1. The molecule has 0 aliphatic heterocycles. The van der Waals surface area contributed by atoms with Gasteiger partial charge in [-0.25, -0.2) is 0 Å². The van der Waals surface area contributed by atoms with E-state index in [2.05, 4.69) is 12.2 Å². The molecule has 1 aliphatic rings. The molecule has 0 spiro atoms. The van der Waals surface area contributed by atoms with E-state index in [-0.39, 0.29) is 18.2 Å². The lowest BCUT2D eigenvalue weighted by Gasteiger charge is -2.18. The van der Waals surface area contributed by atoms with Crippen LogP contribution in [0, 0.1) is 0 Å². The minimum atomic E-state index is -0.0178. The predicted molar refractivity (Wildman–Crippen MR) is 96.3 cm³/mol. The second kappa shape index (κ2) is 9.14. The number of unbranched alkanes of at least 4 members (excludes halogenated alkanes) is 2. The first kappa shape index (κ1) is 18.1. The topological polar surface area (TPSA) is 54.4 Å². The molecule has 24 heavy (non-hydrogen) atoms. The number of hydrogen-bond acceptors (Lipinski definition) is 3. The van der Waals surface area contributed by atoms with Gasteiger partial charge in [0.25, 0.3) is 0 Å². The lowest BCUT2D eigenvalue weighted by atomic mass is 9.83. The third-order valence-electron chi connectivity index (χ3n) is 4.24. The van der Waals surface area contributed by atoms with E-state index in [1.807, 2.05) is 6.08 Å². The molecule has 0 radical (unpaired) electrons. The van der Waals surface area contributed by atoms with Gasteiger partial charge in [-0.2, -0.15) is 0 Å². The van der Waals surface area contributed by atoms with E-state index in [0.29, 0.717) is 28.7 Å². The summed E-state index contributed by atoms with van der Waals surface area (Å²) in [4.78, 5) is 25.0. The highest BCUT2D eigenvalue weighted by atomic mass is 16.2. The van der Waals surface area contributed by atoms with E-state index in [9.17, 15) is 9.59 Å². The Kier molecular flexibility index (Phi) is 6.89. The maximum absolute atomic E-state index is 12.6. The molecule has 2 rings (SSSR count). The van der Waals surface area contributed by atoms with Crippen LogP contribution in [0.25, 0.3) is 0 Å². The monoisotopic (exact) mass is 324 g/mol. The van der Waals surface area contributed by atoms with Gasteiger partial charge in [0, 0.05) is 22.3 Å². The fourth-order valence-corrected chi connectivity index (χ4v) is 2.88. The van der Waals surface area contributed by atoms with Crippen LogP contribution in [0.15, 0.2) is 59.7 Å². The molecule has 0 aromatic heterocycles. The lowest BCUT2D eigenvalue weighted by Crippen LogP contribution is -2.20. The van der Waals surface area contributed by atoms with Crippen LogP contribution in [0.2, 0.25) is 0 Å². The number of allylic oxidation sites excluding steroid dienone is 5. The second-order valence-electron chi connectivity index (χ2n) is 5.91. The minimum Gasteiger partial charge on any atom is -0.392 e. The van der Waals surface area contributed by atoms with E-state index >= 15 is 0 Å². The van der Waals surface area contributed by atoms with Crippen molar-refractivity contribution in [3.8, 4) is 0 Å². The van der Waals surface area contributed by atoms with Crippen molar-refractivity contribution >= 4 is 11.6 Å². The predicted octanol–water partition coefficient (Wildman–Crippen LogP) is 4.44. The van der Waals surface area contributed by atoms with Crippen LogP contribution >= 0.6 is 0 Å². The Morgan fingerprint density at radius 1 is 0.917 bits per heavy atom. The average molecular weight is 324 g/mol. The van der Waals surface area contributed by atoms with Gasteiger partial charge in [-0.05, 0) is 39.0 Å². The molecular weight excluding hydrogens is 300 g/mol. The van der Waals surface area contributed by atoms with Crippen molar-refractivity contribution in [3.63, 3.8) is 0 Å². The van der Waals surface area contributed by atoms with Gasteiger partial charge in [-0.3, -0.25) is 9.59 Å². The van der Waals surface area contributed by atoms with Crippen LogP contribution < -0.4 is 0 Å². The summed E-state index contributed by atoms with van der Waals surface area (Å²) in [7, 11) is 0. The zero-order chi connectivity index (χ0) is 17.4. The molecule has 1 aliphatic carbocycles. The Balaban J connectivity index is 1.87. The molecule has 1 N–H and O–H groups in total. The molecule has 0 atom stereocenters. The SMILES string of the molecule is CC1=C(CCCCC=CCC=CCO)C(=O)c2ccccc2C1=O. The quantitative estimate of drug-likeness (QED) is 0.568. The van der Waals surface area contributed by atoms with E-state index in [4.69, 9.17) is 5.11 Å². The van der Waals surface area contributed by atoms with Gasteiger partial charge in [-0.15, -0.1) is 0 Å². The molecule has 1 aromatic carbocycles. The second-order valence-corrected chi connectivity index (χ2v) is 5.91. The third kappa shape index (κ3) is 4.39. The number of fused-ring (bicyclic) bond motifs is 1. The van der Waals surface area contributed by atoms with Crippen molar-refractivity contribution in [3.05, 3.63) is 70.8 Å². The summed E-state index contributed by atoms with van der Waals surface area (Å²) in [6.07, 6.45) is 12.2. The Hall–Kier alpha value is -2.26. The molecule has 0 saturated carbocycles. The summed E-state index contributed by atoms with van der Waals surface area (Å²) >= 11 is 0. The summed E-state index contributed by atoms with van der Waals surface area (Å²) in [6, 6.07) is 7.07. The Bertz CT molecular complexity index is 693. The highest BCUT2D eigenvalue weighted by molar-refractivity contribution is 6.26. The number of ketones is 2. The number of carbonyl (C=O) groups excluding carboxylic acids is 2. The van der Waals surface area contributed by atoms with Crippen LogP contribution in [0.5, 0.6) is 0 Å². The number of aliphatic hydroxyl groups is 1. The molecule has 126 valence electrons. The van der Waals surface area contributed by atoms with Crippen LogP contribution in [0.4, 0.5) is 0 Å². The molecule has 0 bridgehead atoms. The Morgan fingerprint density at radius 2 is 1.58 bits per heavy atom. The third-order valence-corrected chi connectivity index (χ3v) is 4.24. The zero-order valence-electron chi connectivity index (χ0n) is 14.1. The molecule has 3 nitrogen and oxygen atoms in total. The molecule has 3 heteroatoms. The zero-order valence-corrected chi connectivity index (χ0v) is 14.1. The number of rotatable bonds is 8. The van der Waals surface area contributed by atoms with E-state index in [1.54, 1.807) is 37.3 Å². The van der Waals surface area contributed by atoms with E-state index in [1.165, 1.54) is 0 Å². The van der Waals surface area contributed by atoms with Gasteiger partial charge in [0.05, 0.1) is 6.61 Å². The van der Waals surface area contributed by atoms with Crippen molar-refractivity contribution in [2.24, 2.45) is 0 Å². The van der Waals surface area contributed by atoms with Crippen LogP contribution in [0.1, 0.15) is 59.7 Å². The number of aliphatic hydroxyl groups excluding tert-OH is 1. The fraction of sp³-hybridized carbons (Fsp3) is 0.333. The van der Waals surface area contributed by atoms with Crippen molar-refractivity contribution in [2.75, 3.05) is 6.61 Å².